The van der Waals surface area contributed by atoms with Crippen molar-refractivity contribution in [3.8, 4) is 0 Å². The van der Waals surface area contributed by atoms with E-state index in [0.717, 1.165) is 31.6 Å². The summed E-state index contributed by atoms with van der Waals surface area (Å²) < 4.78 is 5.26. The Morgan fingerprint density at radius 3 is 2.46 bits per heavy atom. The lowest BCUT2D eigenvalue weighted by Crippen LogP contribution is -2.33. The average Bonchev–Trinajstić information content (AvgIpc) is 2.85. The summed E-state index contributed by atoms with van der Waals surface area (Å²) in [6, 6.07) is 1.89. The molecule has 2 heterocycles. The van der Waals surface area contributed by atoms with Gasteiger partial charge in [-0.05, 0) is 18.8 Å². The molecule has 0 aromatic carbocycles. The predicted molar refractivity (Wildman–Crippen MR) is 91.3 cm³/mol. The molecule has 0 radical (unpaired) electrons. The zero-order chi connectivity index (χ0) is 17.5. The van der Waals surface area contributed by atoms with Crippen LogP contribution in [0.4, 0.5) is 0 Å². The van der Waals surface area contributed by atoms with Crippen LogP contribution in [0.1, 0.15) is 69.7 Å². The first-order valence-corrected chi connectivity index (χ1v) is 8.94. The number of nitrogens with zero attached hydrogens (tertiary/aromatic N) is 3. The number of carbonyl (C=O) groups is 2. The molecule has 0 unspecified atom stereocenters. The Balaban J connectivity index is 1.77. The van der Waals surface area contributed by atoms with Crippen LogP contribution in [0.3, 0.4) is 0 Å². The summed E-state index contributed by atoms with van der Waals surface area (Å²) >= 11 is 0. The van der Waals surface area contributed by atoms with Crippen LogP contribution in [0.5, 0.6) is 0 Å². The van der Waals surface area contributed by atoms with Crippen molar-refractivity contribution in [1.82, 2.24) is 15.0 Å². The van der Waals surface area contributed by atoms with Gasteiger partial charge in [0.2, 0.25) is 11.8 Å². The molecule has 0 atom stereocenters. The second-order valence-corrected chi connectivity index (χ2v) is 6.92. The molecule has 1 aromatic rings. The van der Waals surface area contributed by atoms with Crippen LogP contribution in [0.25, 0.3) is 0 Å². The summed E-state index contributed by atoms with van der Waals surface area (Å²) in [5, 5.41) is 4.00. The Morgan fingerprint density at radius 1 is 1.21 bits per heavy atom. The van der Waals surface area contributed by atoms with E-state index in [1.165, 1.54) is 12.8 Å². The lowest BCUT2D eigenvalue weighted by molar-refractivity contribution is -0.136. The molecule has 6 heteroatoms. The number of hydrogen-bond acceptors (Lipinski definition) is 4. The fourth-order valence-corrected chi connectivity index (χ4v) is 2.88. The minimum absolute atomic E-state index is 0.0410. The third kappa shape index (κ3) is 5.35. The molecule has 0 saturated carbocycles. The monoisotopic (exact) mass is 335 g/mol. The fourth-order valence-electron chi connectivity index (χ4n) is 2.88. The maximum absolute atomic E-state index is 12.2. The molecule has 134 valence electrons. The molecule has 1 aliphatic rings. The van der Waals surface area contributed by atoms with Crippen LogP contribution in [0, 0.1) is 0 Å². The Morgan fingerprint density at radius 2 is 1.88 bits per heavy atom. The molecule has 1 aliphatic heterocycles. The Kier molecular flexibility index (Phi) is 6.82. The van der Waals surface area contributed by atoms with Gasteiger partial charge in [-0.2, -0.15) is 0 Å². The zero-order valence-corrected chi connectivity index (χ0v) is 15.1. The van der Waals surface area contributed by atoms with Gasteiger partial charge in [0.15, 0.2) is 5.76 Å². The minimum atomic E-state index is -0.0410. The summed E-state index contributed by atoms with van der Waals surface area (Å²) in [6.45, 7) is 6.14. The smallest absolute Gasteiger partial charge is 0.223 e. The number of hydrogen-bond donors (Lipinski definition) is 0. The van der Waals surface area contributed by atoms with Crippen LogP contribution >= 0.6 is 0 Å². The van der Waals surface area contributed by atoms with Crippen molar-refractivity contribution < 1.29 is 14.1 Å². The van der Waals surface area contributed by atoms with Crippen LogP contribution < -0.4 is 0 Å². The molecule has 2 amide bonds. The van der Waals surface area contributed by atoms with E-state index in [0.29, 0.717) is 18.2 Å². The van der Waals surface area contributed by atoms with Gasteiger partial charge in [-0.15, -0.1) is 0 Å². The summed E-state index contributed by atoms with van der Waals surface area (Å²) in [4.78, 5) is 28.0. The fraction of sp³-hybridized carbons (Fsp3) is 0.722. The molecule has 1 saturated heterocycles. The minimum Gasteiger partial charge on any atom is -0.359 e. The van der Waals surface area contributed by atoms with Gasteiger partial charge in [0, 0.05) is 39.0 Å². The Bertz CT molecular complexity index is 545. The Labute approximate surface area is 144 Å². The van der Waals surface area contributed by atoms with Crippen LogP contribution in [0.2, 0.25) is 0 Å². The van der Waals surface area contributed by atoms with E-state index in [9.17, 15) is 9.59 Å². The van der Waals surface area contributed by atoms with E-state index in [1.807, 2.05) is 24.8 Å². The van der Waals surface area contributed by atoms with E-state index in [2.05, 4.69) is 5.16 Å². The maximum atomic E-state index is 12.2. The van der Waals surface area contributed by atoms with E-state index in [-0.39, 0.29) is 24.7 Å². The quantitative estimate of drug-likeness (QED) is 0.801. The molecule has 2 rings (SSSR count). The molecule has 0 spiro atoms. The number of rotatable bonds is 6. The van der Waals surface area contributed by atoms with Crippen molar-refractivity contribution >= 4 is 11.8 Å². The molecular weight excluding hydrogens is 306 g/mol. The summed E-state index contributed by atoms with van der Waals surface area (Å²) in [6.07, 6.45) is 5.07. The highest BCUT2D eigenvalue weighted by atomic mass is 16.5. The summed E-state index contributed by atoms with van der Waals surface area (Å²) in [5.41, 5.74) is 0.891. The average molecular weight is 335 g/mol. The molecule has 24 heavy (non-hydrogen) atoms. The first-order valence-electron chi connectivity index (χ1n) is 8.94. The van der Waals surface area contributed by atoms with Crippen molar-refractivity contribution in [3.05, 3.63) is 17.5 Å². The first-order chi connectivity index (χ1) is 11.5. The third-order valence-electron chi connectivity index (χ3n) is 4.50. The SMILES string of the molecule is CC(C)c1cc(CN(C)C(=O)CCC(=O)N2CCCCCC2)on1. The summed E-state index contributed by atoms with van der Waals surface area (Å²) in [5.74, 6) is 1.03. The van der Waals surface area contributed by atoms with Crippen LogP contribution in [0.15, 0.2) is 10.6 Å². The van der Waals surface area contributed by atoms with E-state index in [4.69, 9.17) is 4.52 Å². The van der Waals surface area contributed by atoms with Crippen LogP contribution in [-0.4, -0.2) is 46.9 Å². The van der Waals surface area contributed by atoms with E-state index >= 15 is 0 Å². The zero-order valence-electron chi connectivity index (χ0n) is 15.1. The predicted octanol–water partition coefficient (Wildman–Crippen LogP) is 2.94. The van der Waals surface area contributed by atoms with Crippen molar-refractivity contribution in [1.29, 1.82) is 0 Å². The van der Waals surface area contributed by atoms with Gasteiger partial charge in [-0.25, -0.2) is 0 Å². The summed E-state index contributed by atoms with van der Waals surface area (Å²) in [7, 11) is 1.73. The highest BCUT2D eigenvalue weighted by Gasteiger charge is 2.19. The second-order valence-electron chi connectivity index (χ2n) is 6.92. The molecule has 6 nitrogen and oxygen atoms in total. The largest absolute Gasteiger partial charge is 0.359 e. The van der Waals surface area contributed by atoms with Crippen LogP contribution in [-0.2, 0) is 16.1 Å². The third-order valence-corrected chi connectivity index (χ3v) is 4.50. The lowest BCUT2D eigenvalue weighted by atomic mass is 10.1. The number of likely N-dealkylation sites (tertiary alicyclic amines) is 1. The van der Waals surface area contributed by atoms with Gasteiger partial charge in [-0.1, -0.05) is 31.8 Å². The molecular formula is C18H29N3O3. The topological polar surface area (TPSA) is 66.7 Å². The van der Waals surface area contributed by atoms with Gasteiger partial charge >= 0.3 is 0 Å². The molecule has 0 aliphatic carbocycles. The van der Waals surface area contributed by atoms with Crippen molar-refractivity contribution in [2.24, 2.45) is 0 Å². The van der Waals surface area contributed by atoms with Crippen molar-refractivity contribution in [3.63, 3.8) is 0 Å². The highest BCUT2D eigenvalue weighted by molar-refractivity contribution is 5.83. The lowest BCUT2D eigenvalue weighted by Gasteiger charge is -2.21. The van der Waals surface area contributed by atoms with Gasteiger partial charge in [0.25, 0.3) is 0 Å². The Hall–Kier alpha value is -1.85. The molecule has 0 bridgehead atoms. The normalized spacial score (nSPS) is 15.4. The van der Waals surface area contributed by atoms with Gasteiger partial charge in [0.05, 0.1) is 12.2 Å². The standard InChI is InChI=1S/C18H29N3O3/c1-14(2)16-12-15(24-19-16)13-20(3)17(22)8-9-18(23)21-10-6-4-5-7-11-21/h12,14H,4-11,13H2,1-3H3. The number of amides is 2. The second kappa shape index (κ2) is 8.85. The van der Waals surface area contributed by atoms with Crippen molar-refractivity contribution in [2.75, 3.05) is 20.1 Å². The van der Waals surface area contributed by atoms with Crippen molar-refractivity contribution in [2.45, 2.75) is 64.8 Å². The van der Waals surface area contributed by atoms with E-state index in [1.54, 1.807) is 11.9 Å². The molecule has 0 N–H and O–H groups in total. The molecule has 1 aromatic heterocycles. The first kappa shape index (κ1) is 18.5. The van der Waals surface area contributed by atoms with Gasteiger partial charge < -0.3 is 14.3 Å². The maximum Gasteiger partial charge on any atom is 0.223 e. The number of aromatic nitrogens is 1. The van der Waals surface area contributed by atoms with Gasteiger partial charge in [-0.3, -0.25) is 9.59 Å². The van der Waals surface area contributed by atoms with Gasteiger partial charge in [0.1, 0.15) is 0 Å². The number of carbonyl (C=O) groups excluding carboxylic acids is 2. The van der Waals surface area contributed by atoms with E-state index < -0.39 is 0 Å². The highest BCUT2D eigenvalue weighted by Crippen LogP contribution is 2.16. The molecule has 1 fully saturated rings.